The number of anilines is 1. The van der Waals surface area contributed by atoms with E-state index in [1.807, 2.05) is 71.0 Å². The summed E-state index contributed by atoms with van der Waals surface area (Å²) in [6, 6.07) is 20.7. The minimum atomic E-state index is -4.08. The fourth-order valence-corrected chi connectivity index (χ4v) is 5.97. The molecule has 208 valence electrons. The van der Waals surface area contributed by atoms with Crippen LogP contribution >= 0.6 is 0 Å². The van der Waals surface area contributed by atoms with Gasteiger partial charge in [-0.15, -0.1) is 0 Å². The monoisotopic (exact) mass is 549 g/mol. The predicted octanol–water partition coefficient (Wildman–Crippen LogP) is 5.14. The van der Waals surface area contributed by atoms with Gasteiger partial charge in [-0.3, -0.25) is 13.9 Å². The first kappa shape index (κ1) is 29.9. The van der Waals surface area contributed by atoms with Crippen LogP contribution in [-0.4, -0.2) is 44.3 Å². The van der Waals surface area contributed by atoms with Crippen LogP contribution in [0.1, 0.15) is 48.9 Å². The highest BCUT2D eigenvalue weighted by molar-refractivity contribution is 7.92. The van der Waals surface area contributed by atoms with E-state index < -0.39 is 28.5 Å². The van der Waals surface area contributed by atoms with Crippen LogP contribution in [0.25, 0.3) is 0 Å². The van der Waals surface area contributed by atoms with Crippen LogP contribution in [0.2, 0.25) is 0 Å². The van der Waals surface area contributed by atoms with Gasteiger partial charge in [0.15, 0.2) is 0 Å². The predicted molar refractivity (Wildman–Crippen MR) is 156 cm³/mol. The second-order valence-corrected chi connectivity index (χ2v) is 11.7. The van der Waals surface area contributed by atoms with E-state index in [-0.39, 0.29) is 17.3 Å². The quantitative estimate of drug-likeness (QED) is 0.339. The Labute approximate surface area is 232 Å². The number of rotatable bonds is 12. The minimum Gasteiger partial charge on any atom is -0.354 e. The summed E-state index contributed by atoms with van der Waals surface area (Å²) < 4.78 is 29.1. The average molecular weight is 550 g/mol. The van der Waals surface area contributed by atoms with Crippen molar-refractivity contribution in [2.45, 2.75) is 64.9 Å². The molecule has 0 radical (unpaired) electrons. The number of benzene rings is 3. The molecule has 0 fully saturated rings. The third kappa shape index (κ3) is 7.47. The molecular formula is C31H39N3O4S. The first-order valence-corrected chi connectivity index (χ1v) is 14.8. The smallest absolute Gasteiger partial charge is 0.264 e. The molecule has 3 aromatic carbocycles. The number of para-hydroxylation sites is 1. The highest BCUT2D eigenvalue weighted by Crippen LogP contribution is 2.27. The largest absolute Gasteiger partial charge is 0.354 e. The molecule has 0 aliphatic rings. The molecule has 0 aliphatic heterocycles. The molecule has 1 unspecified atom stereocenters. The minimum absolute atomic E-state index is 0.0992. The third-order valence-electron chi connectivity index (χ3n) is 6.64. The van der Waals surface area contributed by atoms with E-state index in [0.29, 0.717) is 18.7 Å². The Balaban J connectivity index is 2.06. The van der Waals surface area contributed by atoms with E-state index in [1.54, 1.807) is 36.4 Å². The van der Waals surface area contributed by atoms with Crippen LogP contribution in [0.4, 0.5) is 5.69 Å². The summed E-state index contributed by atoms with van der Waals surface area (Å²) in [6.07, 6.45) is 1.16. The molecule has 1 N–H and O–H groups in total. The molecule has 0 aromatic heterocycles. The van der Waals surface area contributed by atoms with Crippen LogP contribution < -0.4 is 9.62 Å². The van der Waals surface area contributed by atoms with Crippen LogP contribution in [0, 0.1) is 20.8 Å². The van der Waals surface area contributed by atoms with Gasteiger partial charge < -0.3 is 10.2 Å². The van der Waals surface area contributed by atoms with Crippen LogP contribution in [-0.2, 0) is 26.2 Å². The summed E-state index contributed by atoms with van der Waals surface area (Å²) in [5.74, 6) is -0.696. The SMILES string of the molecule is CCCNC(=O)C(CC)N(Cc1cccc(C)c1)C(=O)CN(c1ccccc1C)S(=O)(=O)c1ccc(C)cc1. The molecule has 0 heterocycles. The lowest BCUT2D eigenvalue weighted by Gasteiger charge is -2.33. The number of nitrogens with zero attached hydrogens (tertiary/aromatic N) is 2. The van der Waals surface area contributed by atoms with E-state index in [2.05, 4.69) is 5.32 Å². The molecule has 0 spiro atoms. The number of nitrogens with one attached hydrogen (secondary N) is 1. The summed E-state index contributed by atoms with van der Waals surface area (Å²) >= 11 is 0. The summed E-state index contributed by atoms with van der Waals surface area (Å²) in [7, 11) is -4.08. The van der Waals surface area contributed by atoms with Crippen LogP contribution in [0.3, 0.4) is 0 Å². The van der Waals surface area contributed by atoms with Crippen molar-refractivity contribution in [1.29, 1.82) is 0 Å². The van der Waals surface area contributed by atoms with Gasteiger partial charge in [0.1, 0.15) is 12.6 Å². The zero-order valence-electron chi connectivity index (χ0n) is 23.5. The standard InChI is InChI=1S/C31H39N3O4S/c1-6-19-32-31(36)28(7-2)33(21-26-13-10-11-24(4)20-26)30(35)22-34(29-14-9-8-12-25(29)5)39(37,38)27-17-15-23(3)16-18-27/h8-18,20,28H,6-7,19,21-22H2,1-5H3,(H,32,36). The molecule has 0 bridgehead atoms. The number of carbonyl (C=O) groups is 2. The van der Waals surface area contributed by atoms with Gasteiger partial charge in [0.05, 0.1) is 10.6 Å². The Bertz CT molecular complexity index is 1390. The normalized spacial score (nSPS) is 12.0. The third-order valence-corrected chi connectivity index (χ3v) is 8.42. The van der Waals surface area contributed by atoms with Gasteiger partial charge >= 0.3 is 0 Å². The first-order chi connectivity index (χ1) is 18.6. The number of amides is 2. The van der Waals surface area contributed by atoms with Gasteiger partial charge in [-0.1, -0.05) is 79.6 Å². The number of carbonyl (C=O) groups excluding carboxylic acids is 2. The van der Waals surface area contributed by atoms with Crippen molar-refractivity contribution in [2.75, 3.05) is 17.4 Å². The van der Waals surface area contributed by atoms with Crippen molar-refractivity contribution in [2.24, 2.45) is 0 Å². The molecule has 3 aromatic rings. The first-order valence-electron chi connectivity index (χ1n) is 13.4. The Hall–Kier alpha value is -3.65. The summed E-state index contributed by atoms with van der Waals surface area (Å²) in [5.41, 5.74) is 3.98. The Morgan fingerprint density at radius 2 is 1.56 bits per heavy atom. The molecule has 0 saturated heterocycles. The van der Waals surface area contributed by atoms with Gasteiger partial charge in [-0.05, 0) is 62.9 Å². The van der Waals surface area contributed by atoms with Crippen LogP contribution in [0.15, 0.2) is 77.7 Å². The average Bonchev–Trinajstić information content (AvgIpc) is 2.91. The van der Waals surface area contributed by atoms with E-state index in [0.717, 1.165) is 33.0 Å². The molecule has 2 amide bonds. The Morgan fingerprint density at radius 1 is 0.872 bits per heavy atom. The molecule has 8 heteroatoms. The maximum atomic E-state index is 14.1. The lowest BCUT2D eigenvalue weighted by Crippen LogP contribution is -2.52. The highest BCUT2D eigenvalue weighted by Gasteiger charge is 2.34. The second kappa shape index (κ2) is 13.4. The molecular weight excluding hydrogens is 510 g/mol. The molecule has 3 rings (SSSR count). The summed E-state index contributed by atoms with van der Waals surface area (Å²) in [4.78, 5) is 28.8. The summed E-state index contributed by atoms with van der Waals surface area (Å²) in [5, 5.41) is 2.91. The molecule has 0 saturated carbocycles. The zero-order chi connectivity index (χ0) is 28.6. The fourth-order valence-electron chi connectivity index (χ4n) is 4.49. The lowest BCUT2D eigenvalue weighted by atomic mass is 10.1. The van der Waals surface area contributed by atoms with Crippen molar-refractivity contribution in [3.8, 4) is 0 Å². The molecule has 7 nitrogen and oxygen atoms in total. The second-order valence-electron chi connectivity index (χ2n) is 9.84. The van der Waals surface area contributed by atoms with E-state index in [9.17, 15) is 18.0 Å². The maximum absolute atomic E-state index is 14.1. The molecule has 1 atom stereocenters. The number of hydrogen-bond donors (Lipinski definition) is 1. The zero-order valence-corrected chi connectivity index (χ0v) is 24.3. The molecule has 0 aliphatic carbocycles. The van der Waals surface area contributed by atoms with Crippen molar-refractivity contribution in [1.82, 2.24) is 10.2 Å². The Morgan fingerprint density at radius 3 is 2.18 bits per heavy atom. The number of sulfonamides is 1. The van der Waals surface area contributed by atoms with Gasteiger partial charge in [-0.25, -0.2) is 8.42 Å². The Kier molecular flexibility index (Phi) is 10.3. The van der Waals surface area contributed by atoms with Crippen molar-refractivity contribution < 1.29 is 18.0 Å². The van der Waals surface area contributed by atoms with E-state index >= 15 is 0 Å². The van der Waals surface area contributed by atoms with Gasteiger partial charge in [0.25, 0.3) is 10.0 Å². The molecule has 39 heavy (non-hydrogen) atoms. The van der Waals surface area contributed by atoms with E-state index in [4.69, 9.17) is 0 Å². The van der Waals surface area contributed by atoms with Crippen LogP contribution in [0.5, 0.6) is 0 Å². The van der Waals surface area contributed by atoms with Gasteiger partial charge in [0.2, 0.25) is 11.8 Å². The topological polar surface area (TPSA) is 86.8 Å². The maximum Gasteiger partial charge on any atom is 0.264 e. The highest BCUT2D eigenvalue weighted by atomic mass is 32.2. The van der Waals surface area contributed by atoms with Crippen molar-refractivity contribution in [3.05, 3.63) is 95.1 Å². The summed E-state index contributed by atoms with van der Waals surface area (Å²) in [6.45, 7) is 9.73. The number of aryl methyl sites for hydroxylation is 3. The van der Waals surface area contributed by atoms with Gasteiger partial charge in [0, 0.05) is 13.1 Å². The van der Waals surface area contributed by atoms with Gasteiger partial charge in [-0.2, -0.15) is 0 Å². The van der Waals surface area contributed by atoms with Crippen molar-refractivity contribution in [3.63, 3.8) is 0 Å². The van der Waals surface area contributed by atoms with E-state index in [1.165, 1.54) is 4.90 Å². The lowest BCUT2D eigenvalue weighted by molar-refractivity contribution is -0.140. The number of hydrogen-bond acceptors (Lipinski definition) is 4. The van der Waals surface area contributed by atoms with Crippen molar-refractivity contribution >= 4 is 27.5 Å². The fraction of sp³-hybridized carbons (Fsp3) is 0.355.